The Labute approximate surface area is 479 Å². The van der Waals surface area contributed by atoms with Gasteiger partial charge in [-0.1, -0.05) is 37.3 Å². The monoisotopic (exact) mass is 1300 g/mol. The SMILES string of the molecule is CCOP(=O)(COS(=O)(=O)c1ccc(C)cc1)OCC.CCOP(=O)(CO[C@H](C)Cn1cnc2c(N)ncnc21)OCC.C[C@@H](O)Cn1cnc2c(N)ncnc21.C[C@H](Cn1cnc2c(N)ncnc21)OCP(=O)(O)O.C[Si](C)(C)Br. The molecular weight excluding hydrogens is 1220 g/mol. The van der Waals surface area contributed by atoms with Crippen LogP contribution >= 0.6 is 38.1 Å². The van der Waals surface area contributed by atoms with E-state index in [1.165, 1.54) is 37.4 Å². The van der Waals surface area contributed by atoms with Crippen LogP contribution in [0.3, 0.4) is 0 Å². The number of aliphatic hydroxyl groups excluding tert-OH is 1. The molecule has 3 atom stereocenters. The molecule has 452 valence electrons. The molecule has 7 aromatic rings. The molecule has 6 aromatic heterocycles. The number of nitrogen functional groups attached to an aromatic ring is 3. The molecule has 36 heteroatoms. The number of hydrogen-bond donors (Lipinski definition) is 6. The van der Waals surface area contributed by atoms with Crippen LogP contribution in [0.5, 0.6) is 0 Å². The van der Waals surface area contributed by atoms with Crippen molar-refractivity contribution in [3.05, 3.63) is 67.8 Å². The summed E-state index contributed by atoms with van der Waals surface area (Å²) in [7, 11) is -14.9. The van der Waals surface area contributed by atoms with Crippen LogP contribution in [0.25, 0.3) is 33.5 Å². The number of rotatable bonds is 24. The third-order valence-electron chi connectivity index (χ3n) is 9.68. The highest BCUT2D eigenvalue weighted by Gasteiger charge is 2.29. The van der Waals surface area contributed by atoms with E-state index in [0.29, 0.717) is 78.0 Å². The van der Waals surface area contributed by atoms with Crippen LogP contribution in [0, 0.1) is 6.92 Å². The highest BCUT2D eigenvalue weighted by atomic mass is 79.9. The van der Waals surface area contributed by atoms with Gasteiger partial charge in [-0.15, -0.1) is 15.3 Å². The Kier molecular flexibility index (Phi) is 28.6. The number of aliphatic hydroxyl groups is 1. The first-order valence-electron chi connectivity index (χ1n) is 25.0. The summed E-state index contributed by atoms with van der Waals surface area (Å²) in [6.45, 7) is 22.0. The minimum atomic E-state index is -4.16. The lowest BCUT2D eigenvalue weighted by Crippen LogP contribution is -2.18. The summed E-state index contributed by atoms with van der Waals surface area (Å²) in [6.07, 6.45) is 6.44. The summed E-state index contributed by atoms with van der Waals surface area (Å²) in [6, 6.07) is 6.16. The van der Waals surface area contributed by atoms with Gasteiger partial charge >= 0.3 is 22.8 Å². The highest BCUT2D eigenvalue weighted by molar-refractivity contribution is 9.26. The van der Waals surface area contributed by atoms with Crippen LogP contribution in [0.1, 0.15) is 54.0 Å². The van der Waals surface area contributed by atoms with E-state index < -0.39 is 64.5 Å². The third kappa shape index (κ3) is 24.9. The zero-order valence-corrected chi connectivity index (χ0v) is 53.1. The van der Waals surface area contributed by atoms with Gasteiger partial charge in [0.15, 0.2) is 40.7 Å². The zero-order valence-electron chi connectivity index (χ0n) is 47.0. The van der Waals surface area contributed by atoms with Gasteiger partial charge in [0, 0.05) is 0 Å². The molecule has 30 nitrogen and oxygen atoms in total. The predicted octanol–water partition coefficient (Wildman–Crippen LogP) is 6.92. The molecule has 0 spiro atoms. The van der Waals surface area contributed by atoms with Crippen LogP contribution in [-0.2, 0) is 75.2 Å². The number of halogens is 1. The van der Waals surface area contributed by atoms with Gasteiger partial charge in [0.2, 0.25) is 0 Å². The molecule has 0 bridgehead atoms. The van der Waals surface area contributed by atoms with Crippen molar-refractivity contribution in [2.45, 2.75) is 118 Å². The number of ether oxygens (including phenoxy) is 2. The van der Waals surface area contributed by atoms with Crippen LogP contribution < -0.4 is 17.2 Å². The first-order chi connectivity index (χ1) is 37.9. The number of imidazole rings is 3. The van der Waals surface area contributed by atoms with Gasteiger partial charge < -0.3 is 73.4 Å². The zero-order chi connectivity index (χ0) is 60.8. The Hall–Kier alpha value is -4.79. The summed E-state index contributed by atoms with van der Waals surface area (Å²) < 4.78 is 100. The molecule has 7 rings (SSSR count). The van der Waals surface area contributed by atoms with E-state index in [1.54, 1.807) is 75.5 Å². The molecule has 9 N–H and O–H groups in total. The van der Waals surface area contributed by atoms with E-state index >= 15 is 0 Å². The summed E-state index contributed by atoms with van der Waals surface area (Å²) in [5, 5.41) is 9.23. The molecule has 0 saturated carbocycles. The molecule has 0 aliphatic rings. The lowest BCUT2D eigenvalue weighted by Gasteiger charge is -2.20. The quantitative estimate of drug-likeness (QED) is 0.0155. The smallest absolute Gasteiger partial charge is 0.357 e. The van der Waals surface area contributed by atoms with Crippen LogP contribution in [0.4, 0.5) is 17.5 Å². The van der Waals surface area contributed by atoms with Crippen molar-refractivity contribution in [3.63, 3.8) is 0 Å². The van der Waals surface area contributed by atoms with Crippen molar-refractivity contribution in [1.29, 1.82) is 0 Å². The number of anilines is 3. The molecule has 0 saturated heterocycles. The van der Waals surface area contributed by atoms with E-state index in [4.69, 9.17) is 58.7 Å². The predicted molar refractivity (Wildman–Crippen MR) is 312 cm³/mol. The first-order valence-corrected chi connectivity index (χ1v) is 37.4. The van der Waals surface area contributed by atoms with Crippen LogP contribution in [0.15, 0.2) is 67.1 Å². The number of nitrogens with zero attached hydrogens (tertiary/aromatic N) is 12. The van der Waals surface area contributed by atoms with Gasteiger partial charge in [-0.25, -0.2) is 44.9 Å². The Morgan fingerprint density at radius 1 is 0.580 bits per heavy atom. The Morgan fingerprint density at radius 3 is 1.25 bits per heavy atom. The second kappa shape index (κ2) is 32.9. The maximum absolute atomic E-state index is 12.4. The van der Waals surface area contributed by atoms with E-state index in [0.717, 1.165) is 5.56 Å². The van der Waals surface area contributed by atoms with Crippen molar-refractivity contribution >= 4 is 106 Å². The van der Waals surface area contributed by atoms with E-state index in [2.05, 4.69) is 79.8 Å². The molecule has 81 heavy (non-hydrogen) atoms. The van der Waals surface area contributed by atoms with Gasteiger partial charge in [0.25, 0.3) is 10.1 Å². The fourth-order valence-corrected chi connectivity index (χ4v) is 11.0. The highest BCUT2D eigenvalue weighted by Crippen LogP contribution is 2.49. The number of hydrogen-bond acceptors (Lipinski definition) is 25. The molecule has 6 heterocycles. The van der Waals surface area contributed by atoms with E-state index in [9.17, 15) is 27.2 Å². The summed E-state index contributed by atoms with van der Waals surface area (Å²) >= 11 is 3.51. The second-order valence-corrected chi connectivity index (χ2v) is 36.7. The van der Waals surface area contributed by atoms with Crippen molar-refractivity contribution < 1.29 is 68.8 Å². The largest absolute Gasteiger partial charge is 0.392 e. The van der Waals surface area contributed by atoms with Crippen molar-refractivity contribution in [2.24, 2.45) is 0 Å². The lowest BCUT2D eigenvalue weighted by atomic mass is 10.2. The molecule has 0 aliphatic carbocycles. The van der Waals surface area contributed by atoms with Crippen molar-refractivity contribution in [1.82, 2.24) is 58.6 Å². The van der Waals surface area contributed by atoms with Crippen molar-refractivity contribution in [2.75, 3.05) is 62.7 Å². The fourth-order valence-electron chi connectivity index (χ4n) is 6.40. The number of aryl methyl sites for hydroxylation is 1. The Bertz CT molecular complexity index is 3270. The minimum absolute atomic E-state index is 0.00245. The molecule has 0 radical (unpaired) electrons. The third-order valence-corrected chi connectivity index (χ3v) is 15.1. The van der Waals surface area contributed by atoms with Gasteiger partial charge in [0.05, 0.1) is 88.3 Å². The number of aromatic nitrogens is 12. The maximum atomic E-state index is 12.4. The lowest BCUT2D eigenvalue weighted by molar-refractivity contribution is 0.0672. The Morgan fingerprint density at radius 2 is 0.914 bits per heavy atom. The molecular formula is C45H75BrN15O15P3SSi. The van der Waals surface area contributed by atoms with E-state index in [1.807, 2.05) is 18.4 Å². The molecule has 0 amide bonds. The molecule has 1 aromatic carbocycles. The standard InChI is InChI=1S/C13H22N5O4P.C12H19O6PS.C9H14N5O4P.C8H11N5O.C3H9BrSi/c1-4-21-23(19,22-5-2)9-20-10(3)6-18-8-17-11-12(14)15-7-16-13(11)18;1-4-16-19(13,17-5-2)10-18-20(14,15)12-8-6-11(3)7-9-12;1-6(18-5-19(15,16)17)2-14-4-13-7-8(10)11-3-12-9(7)14;1-5(14)2-13-4-12-6-7(9)10-3-11-8(6)13;1-5(2,3)4/h7-8,10H,4-6,9H2,1-3H3,(H2,14,15,16);6-9H,4-5,10H2,1-3H3;3-4,6H,2,5H2,1H3,(H2,10,11,12)(H2,15,16,17);3-5,14H,2H2,1H3,(H2,9,10,11);1-3H3/t10-;;6-;5-;/m1.11./s1. The topological polar surface area (TPSA) is 420 Å². The Balaban J connectivity index is 0.000000278. The van der Waals surface area contributed by atoms with Crippen LogP contribution in [-0.4, -0.2) is 152 Å². The normalized spacial score (nSPS) is 13.2. The average molecular weight is 1300 g/mol. The van der Waals surface area contributed by atoms with Crippen molar-refractivity contribution in [3.8, 4) is 0 Å². The van der Waals surface area contributed by atoms with Gasteiger partial charge in [-0.2, -0.15) is 8.42 Å². The van der Waals surface area contributed by atoms with Gasteiger partial charge in [-0.05, 0) is 67.5 Å². The molecule has 0 fully saturated rings. The molecule has 0 unspecified atom stereocenters. The first kappa shape index (κ1) is 70.5. The number of nitrogens with two attached hydrogens (primary N) is 3. The summed E-state index contributed by atoms with van der Waals surface area (Å²) in [5.74, 6) is 0.978. The maximum Gasteiger partial charge on any atom is 0.357 e. The number of fused-ring (bicyclic) bond motifs is 3. The number of benzene rings is 1. The van der Waals surface area contributed by atoms with Gasteiger partial charge in [-0.3, -0.25) is 17.9 Å². The van der Waals surface area contributed by atoms with Gasteiger partial charge in [0.1, 0.15) is 54.9 Å². The summed E-state index contributed by atoms with van der Waals surface area (Å²) in [5.41, 5.74) is 21.4. The second-order valence-electron chi connectivity index (χ2n) is 18.2. The minimum Gasteiger partial charge on any atom is -0.392 e. The van der Waals surface area contributed by atoms with Crippen LogP contribution in [0.2, 0.25) is 19.6 Å². The molecule has 0 aliphatic heterocycles. The average Bonchev–Trinajstić information content (AvgIpc) is 4.11. The fraction of sp³-hybridized carbons (Fsp3) is 0.533. The summed E-state index contributed by atoms with van der Waals surface area (Å²) in [4.78, 5) is 53.7. The van der Waals surface area contributed by atoms with E-state index in [-0.39, 0.29) is 36.4 Å².